The minimum absolute atomic E-state index is 0.354. The fourth-order valence-electron chi connectivity index (χ4n) is 2.13. The van der Waals surface area contributed by atoms with Crippen LogP contribution in [-0.2, 0) is 18.9 Å². The van der Waals surface area contributed by atoms with Crippen molar-refractivity contribution in [2.75, 3.05) is 7.11 Å². The second-order valence-electron chi connectivity index (χ2n) is 4.38. The molecule has 0 saturated carbocycles. The Kier molecular flexibility index (Phi) is 2.95. The van der Waals surface area contributed by atoms with Crippen molar-refractivity contribution in [3.8, 4) is 12.3 Å². The van der Waals surface area contributed by atoms with Crippen molar-refractivity contribution in [1.82, 2.24) is 0 Å². The van der Waals surface area contributed by atoms with Gasteiger partial charge in [0, 0.05) is 7.11 Å². The number of fused-ring (bicyclic) bond motifs is 1. The zero-order valence-electron chi connectivity index (χ0n) is 9.54. The van der Waals surface area contributed by atoms with Gasteiger partial charge in [-0.15, -0.1) is 6.42 Å². The smallest absolute Gasteiger partial charge is 0.186 e. The summed E-state index contributed by atoms with van der Waals surface area (Å²) in [5.74, 6) is 1.53. The van der Waals surface area contributed by atoms with Crippen LogP contribution in [0.15, 0.2) is 0 Å². The first-order valence-corrected chi connectivity index (χ1v) is 5.16. The molecule has 0 aromatic rings. The van der Waals surface area contributed by atoms with Gasteiger partial charge >= 0.3 is 0 Å². The second-order valence-corrected chi connectivity index (χ2v) is 4.38. The van der Waals surface area contributed by atoms with Crippen molar-refractivity contribution in [3.05, 3.63) is 0 Å². The maximum Gasteiger partial charge on any atom is 0.186 e. The number of ether oxygens (including phenoxy) is 4. The molecule has 2 rings (SSSR count). The molecule has 0 aromatic heterocycles. The first-order valence-electron chi connectivity index (χ1n) is 5.16. The quantitative estimate of drug-likeness (QED) is 0.667. The van der Waals surface area contributed by atoms with Crippen LogP contribution in [0.4, 0.5) is 0 Å². The fourth-order valence-corrected chi connectivity index (χ4v) is 2.13. The minimum atomic E-state index is -1.02. The Labute approximate surface area is 94.6 Å². The number of rotatable bonds is 2. The third kappa shape index (κ3) is 1.83. The van der Waals surface area contributed by atoms with Gasteiger partial charge in [-0.1, -0.05) is 5.92 Å². The molecule has 2 saturated heterocycles. The zero-order chi connectivity index (χ0) is 11.9. The normalized spacial score (nSPS) is 42.7. The van der Waals surface area contributed by atoms with Crippen molar-refractivity contribution in [3.63, 3.8) is 0 Å². The largest absolute Gasteiger partial charge is 0.378 e. The molecule has 0 aromatic carbocycles. The fraction of sp³-hybridized carbons (Fsp3) is 0.818. The molecule has 2 aliphatic heterocycles. The van der Waals surface area contributed by atoms with Gasteiger partial charge in [-0.3, -0.25) is 0 Å². The third-order valence-corrected chi connectivity index (χ3v) is 2.76. The van der Waals surface area contributed by atoms with E-state index in [0.29, 0.717) is 0 Å². The van der Waals surface area contributed by atoms with E-state index in [1.807, 2.05) is 0 Å². The summed E-state index contributed by atoms with van der Waals surface area (Å²) in [6.07, 6.45) is 2.23. The van der Waals surface area contributed by atoms with Crippen LogP contribution >= 0.6 is 0 Å². The second kappa shape index (κ2) is 3.99. The molecule has 1 N–H and O–H groups in total. The Bertz CT molecular complexity index is 308. The van der Waals surface area contributed by atoms with E-state index < -0.39 is 30.4 Å². The molecule has 0 unspecified atom stereocenters. The maximum absolute atomic E-state index is 9.64. The Balaban J connectivity index is 2.18. The van der Waals surface area contributed by atoms with E-state index in [1.54, 1.807) is 13.8 Å². The van der Waals surface area contributed by atoms with Crippen LogP contribution in [0.25, 0.3) is 0 Å². The predicted molar refractivity (Wildman–Crippen MR) is 54.3 cm³/mol. The molecule has 2 fully saturated rings. The van der Waals surface area contributed by atoms with Crippen LogP contribution in [0.1, 0.15) is 13.8 Å². The van der Waals surface area contributed by atoms with Crippen LogP contribution in [0.5, 0.6) is 0 Å². The van der Waals surface area contributed by atoms with E-state index in [-0.39, 0.29) is 6.10 Å². The van der Waals surface area contributed by atoms with Crippen molar-refractivity contribution < 1.29 is 24.1 Å². The summed E-state index contributed by atoms with van der Waals surface area (Å²) >= 11 is 0. The number of hydrogen-bond donors (Lipinski definition) is 1. The molecule has 5 atom stereocenters. The molecule has 2 heterocycles. The highest BCUT2D eigenvalue weighted by Gasteiger charge is 2.57. The highest BCUT2D eigenvalue weighted by atomic mass is 16.8. The Morgan fingerprint density at radius 1 is 1.38 bits per heavy atom. The van der Waals surface area contributed by atoms with Gasteiger partial charge in [0.1, 0.15) is 24.4 Å². The summed E-state index contributed by atoms with van der Waals surface area (Å²) in [4.78, 5) is 0. The first-order chi connectivity index (χ1) is 7.48. The molecule has 16 heavy (non-hydrogen) atoms. The number of terminal acetylenes is 1. The molecule has 0 radical (unpaired) electrons. The van der Waals surface area contributed by atoms with Gasteiger partial charge in [-0.2, -0.15) is 0 Å². The number of aliphatic hydroxyl groups is 1. The summed E-state index contributed by atoms with van der Waals surface area (Å²) in [7, 11) is 1.51. The van der Waals surface area contributed by atoms with E-state index in [4.69, 9.17) is 25.4 Å². The Morgan fingerprint density at radius 2 is 2.00 bits per heavy atom. The van der Waals surface area contributed by atoms with Gasteiger partial charge in [-0.25, -0.2) is 0 Å². The molecule has 0 aliphatic carbocycles. The SMILES string of the molecule is C#C[C@H](O)[C@H]1O[C@@H](OC)[C@@H]2OC(C)(C)O[C@@H]21. The highest BCUT2D eigenvalue weighted by Crippen LogP contribution is 2.39. The molecule has 2 aliphatic rings. The van der Waals surface area contributed by atoms with E-state index in [1.165, 1.54) is 7.11 Å². The van der Waals surface area contributed by atoms with Crippen LogP contribution in [0, 0.1) is 12.3 Å². The van der Waals surface area contributed by atoms with Crippen molar-refractivity contribution in [2.24, 2.45) is 0 Å². The molecule has 0 spiro atoms. The van der Waals surface area contributed by atoms with Gasteiger partial charge in [0.25, 0.3) is 0 Å². The molecule has 0 bridgehead atoms. The van der Waals surface area contributed by atoms with Gasteiger partial charge in [0.2, 0.25) is 0 Å². The van der Waals surface area contributed by atoms with E-state index in [0.717, 1.165) is 0 Å². The average Bonchev–Trinajstić information content (AvgIpc) is 2.69. The van der Waals surface area contributed by atoms with Crippen molar-refractivity contribution >= 4 is 0 Å². The van der Waals surface area contributed by atoms with Crippen LogP contribution in [0.3, 0.4) is 0 Å². The molecular weight excluding hydrogens is 212 g/mol. The number of hydrogen-bond acceptors (Lipinski definition) is 5. The summed E-state index contributed by atoms with van der Waals surface area (Å²) in [5.41, 5.74) is 0. The van der Waals surface area contributed by atoms with Gasteiger partial charge in [-0.05, 0) is 13.8 Å². The number of aliphatic hydroxyl groups excluding tert-OH is 1. The summed E-state index contributed by atoms with van der Waals surface area (Å²) in [6, 6.07) is 0. The van der Waals surface area contributed by atoms with Crippen LogP contribution < -0.4 is 0 Å². The van der Waals surface area contributed by atoms with E-state index >= 15 is 0 Å². The summed E-state index contributed by atoms with van der Waals surface area (Å²) < 4.78 is 21.9. The molecule has 5 nitrogen and oxygen atoms in total. The maximum atomic E-state index is 9.64. The molecule has 0 amide bonds. The van der Waals surface area contributed by atoms with Gasteiger partial charge < -0.3 is 24.1 Å². The van der Waals surface area contributed by atoms with Gasteiger partial charge in [0.15, 0.2) is 12.1 Å². The highest BCUT2D eigenvalue weighted by molar-refractivity contribution is 5.06. The standard InChI is InChI=1S/C11H16O5/c1-5-6(12)7-8-9(10(13-4)14-7)16-11(2,3)15-8/h1,6-10,12H,2-4H3/t6-,7+,8+,9+,10+/m0/s1. The molecular formula is C11H16O5. The monoisotopic (exact) mass is 228 g/mol. The zero-order valence-corrected chi connectivity index (χ0v) is 9.54. The molecule has 5 heteroatoms. The first kappa shape index (κ1) is 11.8. The molecule has 90 valence electrons. The third-order valence-electron chi connectivity index (χ3n) is 2.76. The van der Waals surface area contributed by atoms with Gasteiger partial charge in [0.05, 0.1) is 0 Å². The lowest BCUT2D eigenvalue weighted by Gasteiger charge is -2.24. The summed E-state index contributed by atoms with van der Waals surface area (Å²) in [5, 5.41) is 9.64. The Hall–Kier alpha value is -0.640. The minimum Gasteiger partial charge on any atom is -0.378 e. The Morgan fingerprint density at radius 3 is 2.56 bits per heavy atom. The van der Waals surface area contributed by atoms with Crippen LogP contribution in [0.2, 0.25) is 0 Å². The van der Waals surface area contributed by atoms with Crippen molar-refractivity contribution in [1.29, 1.82) is 0 Å². The lowest BCUT2D eigenvalue weighted by Crippen LogP contribution is -2.37. The topological polar surface area (TPSA) is 57.2 Å². The lowest BCUT2D eigenvalue weighted by molar-refractivity contribution is -0.233. The number of methoxy groups -OCH3 is 1. The predicted octanol–water partition coefficient (Wildman–Crippen LogP) is -0.128. The average molecular weight is 228 g/mol. The van der Waals surface area contributed by atoms with Crippen LogP contribution in [-0.4, -0.2) is 48.7 Å². The lowest BCUT2D eigenvalue weighted by atomic mass is 10.1. The summed E-state index contributed by atoms with van der Waals surface area (Å²) in [6.45, 7) is 3.61. The van der Waals surface area contributed by atoms with E-state index in [9.17, 15) is 5.11 Å². The van der Waals surface area contributed by atoms with E-state index in [2.05, 4.69) is 5.92 Å². The van der Waals surface area contributed by atoms with Crippen molar-refractivity contribution in [2.45, 2.75) is 50.3 Å².